The van der Waals surface area contributed by atoms with Crippen molar-refractivity contribution in [3.05, 3.63) is 29.3 Å². The van der Waals surface area contributed by atoms with Crippen LogP contribution in [0.5, 0.6) is 5.75 Å². The Hall–Kier alpha value is -0.513. The maximum absolute atomic E-state index is 5.90. The quantitative estimate of drug-likeness (QED) is 0.561. The molecule has 90 valence electrons. The summed E-state index contributed by atoms with van der Waals surface area (Å²) in [5, 5.41) is 0.691. The fourth-order valence-corrected chi connectivity index (χ4v) is 2.88. The van der Waals surface area contributed by atoms with Crippen molar-refractivity contribution in [3.63, 3.8) is 0 Å². The van der Waals surface area contributed by atoms with Crippen molar-refractivity contribution in [3.8, 4) is 5.75 Å². The number of rotatable bonds is 6. The summed E-state index contributed by atoms with van der Waals surface area (Å²) in [7, 11) is -2.06. The van der Waals surface area contributed by atoms with Crippen LogP contribution in [0.3, 0.4) is 0 Å². The topological polar surface area (TPSA) is 18.5 Å². The average molecular weight is 259 g/mol. The fourth-order valence-electron chi connectivity index (χ4n) is 1.31. The van der Waals surface area contributed by atoms with Crippen molar-refractivity contribution in [2.45, 2.75) is 32.9 Å². The van der Waals surface area contributed by atoms with Gasteiger partial charge >= 0.3 is 8.56 Å². The standard InChI is InChI=1S/C12H19ClO2Si/c1-4-5-9-14-16(2,3)15-12-8-6-7-11(13)10-12/h6-8,10H,4-5,9H2,1-3H3. The highest BCUT2D eigenvalue weighted by molar-refractivity contribution is 6.65. The van der Waals surface area contributed by atoms with E-state index in [2.05, 4.69) is 6.92 Å². The second-order valence-electron chi connectivity index (χ2n) is 4.16. The molecule has 16 heavy (non-hydrogen) atoms. The summed E-state index contributed by atoms with van der Waals surface area (Å²) in [6, 6.07) is 7.44. The second kappa shape index (κ2) is 6.28. The molecule has 0 aliphatic carbocycles. The van der Waals surface area contributed by atoms with Gasteiger partial charge in [0, 0.05) is 11.6 Å². The van der Waals surface area contributed by atoms with Crippen LogP contribution in [0.25, 0.3) is 0 Å². The Morgan fingerprint density at radius 1 is 1.31 bits per heavy atom. The van der Waals surface area contributed by atoms with Crippen LogP contribution in [0.2, 0.25) is 18.1 Å². The molecule has 1 rings (SSSR count). The molecule has 0 aliphatic rings. The molecular formula is C12H19ClO2Si. The highest BCUT2D eigenvalue weighted by atomic mass is 35.5. The Morgan fingerprint density at radius 3 is 2.69 bits per heavy atom. The maximum atomic E-state index is 5.90. The van der Waals surface area contributed by atoms with E-state index in [1.807, 2.05) is 37.4 Å². The monoisotopic (exact) mass is 258 g/mol. The lowest BCUT2D eigenvalue weighted by Gasteiger charge is -2.23. The van der Waals surface area contributed by atoms with E-state index in [9.17, 15) is 0 Å². The van der Waals surface area contributed by atoms with Gasteiger partial charge in [0.15, 0.2) is 0 Å². The molecule has 0 spiro atoms. The minimum absolute atomic E-state index is 0.691. The first-order valence-electron chi connectivity index (χ1n) is 5.62. The van der Waals surface area contributed by atoms with Gasteiger partial charge in [0.25, 0.3) is 0 Å². The zero-order valence-corrected chi connectivity index (χ0v) is 11.9. The maximum Gasteiger partial charge on any atom is 0.392 e. The Morgan fingerprint density at radius 2 is 2.06 bits per heavy atom. The van der Waals surface area contributed by atoms with Gasteiger partial charge in [-0.3, -0.25) is 0 Å². The van der Waals surface area contributed by atoms with Crippen molar-refractivity contribution in [2.75, 3.05) is 6.61 Å². The number of halogens is 1. The molecule has 0 atom stereocenters. The minimum atomic E-state index is -2.06. The molecule has 0 saturated heterocycles. The summed E-state index contributed by atoms with van der Waals surface area (Å²) in [5.41, 5.74) is 0. The van der Waals surface area contributed by atoms with Crippen LogP contribution in [0.1, 0.15) is 19.8 Å². The minimum Gasteiger partial charge on any atom is -0.520 e. The van der Waals surface area contributed by atoms with Crippen LogP contribution in [0.15, 0.2) is 24.3 Å². The molecule has 0 saturated carbocycles. The Bertz CT molecular complexity index is 329. The molecule has 0 aromatic heterocycles. The molecular weight excluding hydrogens is 240 g/mol. The summed E-state index contributed by atoms with van der Waals surface area (Å²) in [6.45, 7) is 7.01. The summed E-state index contributed by atoms with van der Waals surface area (Å²) in [4.78, 5) is 0. The zero-order chi connectivity index (χ0) is 12.0. The lowest BCUT2D eigenvalue weighted by Crippen LogP contribution is -2.38. The Kier molecular flexibility index (Phi) is 5.32. The first kappa shape index (κ1) is 13.6. The van der Waals surface area contributed by atoms with Crippen molar-refractivity contribution in [1.29, 1.82) is 0 Å². The average Bonchev–Trinajstić information content (AvgIpc) is 2.17. The Balaban J connectivity index is 2.51. The van der Waals surface area contributed by atoms with Gasteiger partial charge in [-0.25, -0.2) is 0 Å². The third-order valence-electron chi connectivity index (χ3n) is 2.11. The van der Waals surface area contributed by atoms with Crippen molar-refractivity contribution >= 4 is 20.2 Å². The van der Waals surface area contributed by atoms with Gasteiger partial charge in [-0.15, -0.1) is 0 Å². The largest absolute Gasteiger partial charge is 0.520 e. The van der Waals surface area contributed by atoms with E-state index in [1.54, 1.807) is 0 Å². The third-order valence-corrected chi connectivity index (χ3v) is 3.97. The second-order valence-corrected chi connectivity index (χ2v) is 7.89. The molecule has 0 aliphatic heterocycles. The number of benzene rings is 1. The van der Waals surface area contributed by atoms with Crippen molar-refractivity contribution in [2.24, 2.45) is 0 Å². The highest BCUT2D eigenvalue weighted by Crippen LogP contribution is 2.21. The Labute approximate surface area is 104 Å². The predicted octanol–water partition coefficient (Wildman–Crippen LogP) is 4.24. The zero-order valence-electron chi connectivity index (χ0n) is 10.1. The number of hydrogen-bond donors (Lipinski definition) is 0. The SMILES string of the molecule is CCCCO[Si](C)(C)Oc1cccc(Cl)c1. The van der Waals surface area contributed by atoms with Crippen LogP contribution in [0.4, 0.5) is 0 Å². The molecule has 4 heteroatoms. The predicted molar refractivity (Wildman–Crippen MR) is 70.4 cm³/mol. The fraction of sp³-hybridized carbons (Fsp3) is 0.500. The van der Waals surface area contributed by atoms with E-state index in [-0.39, 0.29) is 0 Å². The van der Waals surface area contributed by atoms with E-state index in [0.29, 0.717) is 5.02 Å². The van der Waals surface area contributed by atoms with Gasteiger partial charge in [-0.05, 0) is 37.7 Å². The summed E-state index contributed by atoms with van der Waals surface area (Å²) in [5.74, 6) is 0.792. The molecule has 0 N–H and O–H groups in total. The number of hydrogen-bond acceptors (Lipinski definition) is 2. The van der Waals surface area contributed by atoms with E-state index in [1.165, 1.54) is 0 Å². The molecule has 0 amide bonds. The molecule has 0 heterocycles. The van der Waals surface area contributed by atoms with E-state index < -0.39 is 8.56 Å². The van der Waals surface area contributed by atoms with E-state index in [4.69, 9.17) is 20.5 Å². The molecule has 1 aromatic rings. The highest BCUT2D eigenvalue weighted by Gasteiger charge is 2.26. The summed E-state index contributed by atoms with van der Waals surface area (Å²) in [6.07, 6.45) is 2.22. The molecule has 0 bridgehead atoms. The number of unbranched alkanes of at least 4 members (excludes halogenated alkanes) is 1. The van der Waals surface area contributed by atoms with E-state index in [0.717, 1.165) is 25.2 Å². The third kappa shape index (κ3) is 5.01. The van der Waals surface area contributed by atoms with Crippen LogP contribution in [-0.4, -0.2) is 15.2 Å². The van der Waals surface area contributed by atoms with Crippen molar-refractivity contribution < 1.29 is 8.85 Å². The van der Waals surface area contributed by atoms with Crippen molar-refractivity contribution in [1.82, 2.24) is 0 Å². The lowest BCUT2D eigenvalue weighted by atomic mass is 10.3. The molecule has 1 aromatic carbocycles. The van der Waals surface area contributed by atoms with E-state index >= 15 is 0 Å². The van der Waals surface area contributed by atoms with Gasteiger partial charge < -0.3 is 8.85 Å². The first-order chi connectivity index (χ1) is 7.53. The van der Waals surface area contributed by atoms with Crippen LogP contribution in [-0.2, 0) is 4.43 Å². The summed E-state index contributed by atoms with van der Waals surface area (Å²) >= 11 is 5.90. The van der Waals surface area contributed by atoms with Gasteiger partial charge in [0.1, 0.15) is 5.75 Å². The first-order valence-corrected chi connectivity index (χ1v) is 8.81. The smallest absolute Gasteiger partial charge is 0.392 e. The lowest BCUT2D eigenvalue weighted by molar-refractivity contribution is 0.243. The van der Waals surface area contributed by atoms with Crippen LogP contribution < -0.4 is 4.43 Å². The summed E-state index contributed by atoms with van der Waals surface area (Å²) < 4.78 is 11.6. The molecule has 0 unspecified atom stereocenters. The molecule has 0 fully saturated rings. The normalized spacial score (nSPS) is 11.5. The van der Waals surface area contributed by atoms with Gasteiger partial charge in [-0.1, -0.05) is 31.0 Å². The van der Waals surface area contributed by atoms with Crippen LogP contribution in [0, 0.1) is 0 Å². The molecule has 2 nitrogen and oxygen atoms in total. The van der Waals surface area contributed by atoms with Gasteiger partial charge in [0.05, 0.1) is 0 Å². The molecule has 0 radical (unpaired) electrons. The van der Waals surface area contributed by atoms with Gasteiger partial charge in [0.2, 0.25) is 0 Å². The van der Waals surface area contributed by atoms with Crippen LogP contribution >= 0.6 is 11.6 Å². The van der Waals surface area contributed by atoms with Gasteiger partial charge in [-0.2, -0.15) is 0 Å².